The first-order valence-corrected chi connectivity index (χ1v) is 7.22. The minimum Gasteiger partial charge on any atom is -0.356 e. The Balaban J connectivity index is 1.83. The monoisotopic (exact) mass is 291 g/mol. The number of aromatic nitrogens is 1. The molecule has 0 spiro atoms. The summed E-state index contributed by atoms with van der Waals surface area (Å²) in [4.78, 5) is 12.9. The van der Waals surface area contributed by atoms with Crippen LogP contribution in [0.1, 0.15) is 16.8 Å². The average molecular weight is 292 g/mol. The standard InChI is InChI=1S/C17H10ClN3/c18-9-5-6-11-13(7-9)21-17-15-10-3-1-2-4-12(10)20-14(15)8-19-16(11)17/h1-7,20H,8H2. The Bertz CT molecular complexity index is 979. The maximum absolute atomic E-state index is 6.08. The topological polar surface area (TPSA) is 40.5 Å². The summed E-state index contributed by atoms with van der Waals surface area (Å²) in [5, 5.41) is 1.91. The van der Waals surface area contributed by atoms with Gasteiger partial charge in [-0.25, -0.2) is 4.99 Å². The molecule has 0 saturated carbocycles. The van der Waals surface area contributed by atoms with Crippen molar-refractivity contribution in [3.63, 3.8) is 0 Å². The third kappa shape index (κ3) is 1.44. The maximum atomic E-state index is 6.08. The highest BCUT2D eigenvalue weighted by Gasteiger charge is 2.30. The van der Waals surface area contributed by atoms with Gasteiger partial charge in [-0.05, 0) is 24.3 Å². The second-order valence-electron chi connectivity index (χ2n) is 5.31. The van der Waals surface area contributed by atoms with Crippen LogP contribution in [0.5, 0.6) is 0 Å². The number of halogens is 1. The van der Waals surface area contributed by atoms with E-state index in [4.69, 9.17) is 21.6 Å². The van der Waals surface area contributed by atoms with E-state index in [2.05, 4.69) is 23.2 Å². The number of para-hydroxylation sites is 1. The van der Waals surface area contributed by atoms with Gasteiger partial charge in [0.25, 0.3) is 0 Å². The summed E-state index contributed by atoms with van der Waals surface area (Å²) in [7, 11) is 0. The number of fused-ring (bicyclic) bond motifs is 7. The molecule has 4 heteroatoms. The number of nitrogens with zero attached hydrogens (tertiary/aromatic N) is 2. The molecule has 0 radical (unpaired) electrons. The van der Waals surface area contributed by atoms with E-state index >= 15 is 0 Å². The van der Waals surface area contributed by atoms with Crippen LogP contribution in [-0.4, -0.2) is 16.4 Å². The van der Waals surface area contributed by atoms with Crippen LogP contribution in [-0.2, 0) is 6.54 Å². The minimum absolute atomic E-state index is 0.667. The Morgan fingerprint density at radius 2 is 1.95 bits per heavy atom. The van der Waals surface area contributed by atoms with Crippen molar-refractivity contribution in [3.8, 4) is 0 Å². The normalized spacial score (nSPS) is 15.3. The molecule has 1 aromatic heterocycles. The van der Waals surface area contributed by atoms with E-state index in [1.165, 1.54) is 10.9 Å². The first-order chi connectivity index (χ1) is 10.3. The van der Waals surface area contributed by atoms with Crippen molar-refractivity contribution in [2.45, 2.75) is 6.54 Å². The van der Waals surface area contributed by atoms with Crippen molar-refractivity contribution in [1.82, 2.24) is 4.98 Å². The number of aromatic amines is 1. The quantitative estimate of drug-likeness (QED) is 0.643. The van der Waals surface area contributed by atoms with Crippen molar-refractivity contribution in [3.05, 3.63) is 64.3 Å². The largest absolute Gasteiger partial charge is 0.356 e. The molecule has 0 unspecified atom stereocenters. The van der Waals surface area contributed by atoms with Crippen molar-refractivity contribution in [1.29, 1.82) is 0 Å². The van der Waals surface area contributed by atoms with Crippen LogP contribution in [0.15, 0.2) is 52.4 Å². The number of hydrogen-bond acceptors (Lipinski definition) is 2. The lowest BCUT2D eigenvalue weighted by Gasteiger charge is -2.11. The zero-order chi connectivity index (χ0) is 14.0. The molecule has 100 valence electrons. The van der Waals surface area contributed by atoms with Gasteiger partial charge in [0, 0.05) is 32.7 Å². The molecule has 0 saturated heterocycles. The molecule has 0 fully saturated rings. The highest BCUT2D eigenvalue weighted by molar-refractivity contribution is 6.59. The van der Waals surface area contributed by atoms with E-state index in [1.807, 2.05) is 24.3 Å². The van der Waals surface area contributed by atoms with Crippen LogP contribution in [0.2, 0.25) is 5.02 Å². The molecule has 2 aliphatic heterocycles. The lowest BCUT2D eigenvalue weighted by Crippen LogP contribution is -2.18. The van der Waals surface area contributed by atoms with Gasteiger partial charge in [0.15, 0.2) is 0 Å². The molecule has 5 rings (SSSR count). The molecule has 3 aromatic rings. The Morgan fingerprint density at radius 1 is 1.05 bits per heavy atom. The zero-order valence-electron chi connectivity index (χ0n) is 11.0. The highest BCUT2D eigenvalue weighted by Crippen LogP contribution is 2.37. The predicted octanol–water partition coefficient (Wildman–Crippen LogP) is 4.26. The summed E-state index contributed by atoms with van der Waals surface area (Å²) in [6.45, 7) is 0.667. The fourth-order valence-electron chi connectivity index (χ4n) is 3.18. The van der Waals surface area contributed by atoms with Gasteiger partial charge in [-0.1, -0.05) is 29.8 Å². The summed E-state index contributed by atoms with van der Waals surface area (Å²) >= 11 is 6.08. The van der Waals surface area contributed by atoms with Crippen LogP contribution in [0.4, 0.5) is 5.69 Å². The van der Waals surface area contributed by atoms with Gasteiger partial charge in [-0.2, -0.15) is 0 Å². The molecule has 0 atom stereocenters. The molecule has 2 aromatic carbocycles. The molecule has 1 N–H and O–H groups in total. The number of hydrogen-bond donors (Lipinski definition) is 1. The zero-order valence-corrected chi connectivity index (χ0v) is 11.8. The van der Waals surface area contributed by atoms with E-state index in [9.17, 15) is 0 Å². The second-order valence-corrected chi connectivity index (χ2v) is 5.75. The molecule has 3 heterocycles. The van der Waals surface area contributed by atoms with Crippen LogP contribution >= 0.6 is 11.6 Å². The van der Waals surface area contributed by atoms with Crippen LogP contribution in [0.3, 0.4) is 0 Å². The molecule has 21 heavy (non-hydrogen) atoms. The number of benzene rings is 2. The Morgan fingerprint density at radius 3 is 2.90 bits per heavy atom. The average Bonchev–Trinajstić information content (AvgIpc) is 3.03. The Labute approximate surface area is 126 Å². The number of H-pyrrole nitrogens is 1. The van der Waals surface area contributed by atoms with Gasteiger partial charge >= 0.3 is 0 Å². The van der Waals surface area contributed by atoms with E-state index < -0.39 is 0 Å². The SMILES string of the molecule is Clc1ccc2c(c1)N=C1C2=NCc2[nH]c3ccccc3c21. The van der Waals surface area contributed by atoms with Crippen LogP contribution in [0, 0.1) is 0 Å². The first kappa shape index (κ1) is 11.3. The van der Waals surface area contributed by atoms with Crippen LogP contribution < -0.4 is 0 Å². The van der Waals surface area contributed by atoms with Gasteiger partial charge in [-0.3, -0.25) is 4.99 Å². The minimum atomic E-state index is 0.667. The molecule has 3 nitrogen and oxygen atoms in total. The second kappa shape index (κ2) is 3.83. The van der Waals surface area contributed by atoms with Crippen molar-refractivity contribution in [2.75, 3.05) is 0 Å². The smallest absolute Gasteiger partial charge is 0.0993 e. The third-order valence-corrected chi connectivity index (χ3v) is 4.32. The van der Waals surface area contributed by atoms with Crippen molar-refractivity contribution >= 4 is 39.6 Å². The Kier molecular flexibility index (Phi) is 2.06. The predicted molar refractivity (Wildman–Crippen MR) is 86.2 cm³/mol. The van der Waals surface area contributed by atoms with Gasteiger partial charge < -0.3 is 4.98 Å². The first-order valence-electron chi connectivity index (χ1n) is 6.84. The fraction of sp³-hybridized carbons (Fsp3) is 0.0588. The molecule has 0 bridgehead atoms. The molecule has 2 aliphatic rings. The van der Waals surface area contributed by atoms with E-state index in [1.54, 1.807) is 0 Å². The van der Waals surface area contributed by atoms with E-state index in [0.717, 1.165) is 33.9 Å². The number of rotatable bonds is 0. The third-order valence-electron chi connectivity index (χ3n) is 4.09. The lowest BCUT2D eigenvalue weighted by molar-refractivity contribution is 1.01. The van der Waals surface area contributed by atoms with Crippen molar-refractivity contribution < 1.29 is 0 Å². The molecular weight excluding hydrogens is 282 g/mol. The Hall–Kier alpha value is -2.39. The van der Waals surface area contributed by atoms with Gasteiger partial charge in [0.2, 0.25) is 0 Å². The van der Waals surface area contributed by atoms with Crippen LogP contribution in [0.25, 0.3) is 10.9 Å². The molecule has 0 aliphatic carbocycles. The summed E-state index contributed by atoms with van der Waals surface area (Å²) in [5.74, 6) is 0. The van der Waals surface area contributed by atoms with Gasteiger partial charge in [-0.15, -0.1) is 0 Å². The molecular formula is C17H10ClN3. The lowest BCUT2D eigenvalue weighted by atomic mass is 9.97. The number of nitrogens with one attached hydrogen (secondary N) is 1. The number of aliphatic imine (C=N–C) groups is 2. The van der Waals surface area contributed by atoms with E-state index in [0.29, 0.717) is 11.6 Å². The fourth-order valence-corrected chi connectivity index (χ4v) is 3.34. The summed E-state index contributed by atoms with van der Waals surface area (Å²) < 4.78 is 0. The summed E-state index contributed by atoms with van der Waals surface area (Å²) in [5.41, 5.74) is 7.39. The van der Waals surface area contributed by atoms with Gasteiger partial charge in [0.1, 0.15) is 0 Å². The highest BCUT2D eigenvalue weighted by atomic mass is 35.5. The summed E-state index contributed by atoms with van der Waals surface area (Å²) in [6.07, 6.45) is 0. The van der Waals surface area contributed by atoms with Crippen molar-refractivity contribution in [2.24, 2.45) is 9.98 Å². The van der Waals surface area contributed by atoms with E-state index in [-0.39, 0.29) is 0 Å². The van der Waals surface area contributed by atoms with Gasteiger partial charge in [0.05, 0.1) is 23.7 Å². The summed E-state index contributed by atoms with van der Waals surface area (Å²) in [6, 6.07) is 14.1. The molecule has 0 amide bonds. The maximum Gasteiger partial charge on any atom is 0.0993 e.